The molecular formula is C9H12N2O3. The number of aromatic nitrogens is 2. The van der Waals surface area contributed by atoms with Crippen LogP contribution in [0.15, 0.2) is 17.2 Å². The Kier molecular flexibility index (Phi) is 2.60. The van der Waals surface area contributed by atoms with E-state index in [0.29, 0.717) is 12.2 Å². The van der Waals surface area contributed by atoms with Gasteiger partial charge in [0, 0.05) is 24.6 Å². The summed E-state index contributed by atoms with van der Waals surface area (Å²) in [6, 6.07) is 0. The third-order valence-electron chi connectivity index (χ3n) is 2.27. The van der Waals surface area contributed by atoms with E-state index < -0.39 is 0 Å². The Labute approximate surface area is 81.0 Å². The second-order valence-corrected chi connectivity index (χ2v) is 3.28. The highest BCUT2D eigenvalue weighted by Crippen LogP contribution is 2.20. The number of ether oxygens (including phenoxy) is 1. The molecule has 5 heteroatoms. The summed E-state index contributed by atoms with van der Waals surface area (Å²) in [4.78, 5) is 15.0. The molecular weight excluding hydrogens is 184 g/mol. The highest BCUT2D eigenvalue weighted by molar-refractivity contribution is 5.02. The van der Waals surface area contributed by atoms with Crippen molar-refractivity contribution in [3.05, 3.63) is 28.4 Å². The van der Waals surface area contributed by atoms with E-state index in [-0.39, 0.29) is 18.5 Å². The number of rotatable bonds is 2. The van der Waals surface area contributed by atoms with Crippen LogP contribution in [0, 0.1) is 0 Å². The molecule has 5 nitrogen and oxygen atoms in total. The van der Waals surface area contributed by atoms with E-state index in [4.69, 9.17) is 9.84 Å². The lowest BCUT2D eigenvalue weighted by molar-refractivity contribution is 0.0522. The van der Waals surface area contributed by atoms with Crippen molar-refractivity contribution in [2.45, 2.75) is 25.7 Å². The quantitative estimate of drug-likeness (QED) is 0.725. The molecule has 2 heterocycles. The molecule has 76 valence electrons. The molecule has 14 heavy (non-hydrogen) atoms. The lowest BCUT2D eigenvalue weighted by atomic mass is 10.3. The topological polar surface area (TPSA) is 64.3 Å². The first-order valence-corrected chi connectivity index (χ1v) is 4.61. The molecule has 0 aromatic carbocycles. The second kappa shape index (κ2) is 3.89. The van der Waals surface area contributed by atoms with Gasteiger partial charge in [-0.2, -0.15) is 0 Å². The molecule has 0 amide bonds. The minimum absolute atomic E-state index is 0.111. The molecule has 0 spiro atoms. The minimum Gasteiger partial charge on any atom is -0.392 e. The first kappa shape index (κ1) is 9.36. The van der Waals surface area contributed by atoms with Crippen molar-refractivity contribution < 1.29 is 9.84 Å². The van der Waals surface area contributed by atoms with Crippen LogP contribution in [0.1, 0.15) is 24.6 Å². The highest BCUT2D eigenvalue weighted by Gasteiger charge is 2.18. The Morgan fingerprint density at radius 2 is 2.57 bits per heavy atom. The Hall–Kier alpha value is -1.20. The van der Waals surface area contributed by atoms with Crippen LogP contribution >= 0.6 is 0 Å². The molecule has 0 aliphatic carbocycles. The number of aliphatic hydroxyl groups excluding tert-OH is 1. The number of hydrogen-bond acceptors (Lipinski definition) is 4. The summed E-state index contributed by atoms with van der Waals surface area (Å²) in [6.07, 6.45) is 4.57. The van der Waals surface area contributed by atoms with Gasteiger partial charge in [-0.3, -0.25) is 4.57 Å². The van der Waals surface area contributed by atoms with Crippen LogP contribution in [-0.2, 0) is 11.3 Å². The fourth-order valence-electron chi connectivity index (χ4n) is 1.54. The molecule has 1 aromatic rings. The maximum atomic E-state index is 11.4. The molecule has 1 fully saturated rings. The van der Waals surface area contributed by atoms with Crippen LogP contribution in [0.2, 0.25) is 0 Å². The molecule has 2 rings (SSSR count). The number of hydrogen-bond donors (Lipinski definition) is 1. The van der Waals surface area contributed by atoms with Gasteiger partial charge in [0.15, 0.2) is 0 Å². The average molecular weight is 196 g/mol. The van der Waals surface area contributed by atoms with E-state index in [1.165, 1.54) is 10.8 Å². The molecule has 1 N–H and O–H groups in total. The van der Waals surface area contributed by atoms with Gasteiger partial charge >= 0.3 is 5.69 Å². The minimum atomic E-state index is -0.325. The van der Waals surface area contributed by atoms with Crippen molar-refractivity contribution >= 4 is 0 Å². The van der Waals surface area contributed by atoms with Crippen molar-refractivity contribution in [1.29, 1.82) is 0 Å². The normalized spacial score (nSPS) is 21.4. The summed E-state index contributed by atoms with van der Waals surface area (Å²) in [6.45, 7) is 0.570. The van der Waals surface area contributed by atoms with Crippen molar-refractivity contribution in [3.8, 4) is 0 Å². The van der Waals surface area contributed by atoms with Crippen molar-refractivity contribution in [2.75, 3.05) is 6.61 Å². The summed E-state index contributed by atoms with van der Waals surface area (Å²) >= 11 is 0. The van der Waals surface area contributed by atoms with E-state index in [1.54, 1.807) is 6.20 Å². The smallest absolute Gasteiger partial charge is 0.349 e. The largest absolute Gasteiger partial charge is 0.392 e. The zero-order valence-electron chi connectivity index (χ0n) is 7.72. The van der Waals surface area contributed by atoms with Crippen LogP contribution in [0.25, 0.3) is 0 Å². The average Bonchev–Trinajstić information content (AvgIpc) is 2.71. The number of aliphatic hydroxyl groups is 1. The van der Waals surface area contributed by atoms with Gasteiger partial charge in [0.2, 0.25) is 0 Å². The lowest BCUT2D eigenvalue weighted by Gasteiger charge is -2.12. The van der Waals surface area contributed by atoms with Crippen LogP contribution < -0.4 is 5.69 Å². The van der Waals surface area contributed by atoms with Crippen molar-refractivity contribution in [3.63, 3.8) is 0 Å². The third kappa shape index (κ3) is 1.69. The van der Waals surface area contributed by atoms with E-state index >= 15 is 0 Å². The molecule has 0 saturated carbocycles. The standard InChI is InChI=1S/C9H12N2O3/c12-6-7-4-10-9(13)11(5-7)8-2-1-3-14-8/h4-5,8,12H,1-3,6H2. The molecule has 1 aliphatic rings. The van der Waals surface area contributed by atoms with Gasteiger partial charge in [-0.05, 0) is 12.8 Å². The third-order valence-corrected chi connectivity index (χ3v) is 2.27. The summed E-state index contributed by atoms with van der Waals surface area (Å²) in [7, 11) is 0. The first-order chi connectivity index (χ1) is 6.81. The van der Waals surface area contributed by atoms with Gasteiger partial charge in [0.1, 0.15) is 6.23 Å². The molecule has 0 bridgehead atoms. The maximum absolute atomic E-state index is 11.4. The molecule has 1 aliphatic heterocycles. The highest BCUT2D eigenvalue weighted by atomic mass is 16.5. The van der Waals surface area contributed by atoms with E-state index in [1.807, 2.05) is 0 Å². The van der Waals surface area contributed by atoms with Gasteiger partial charge in [-0.15, -0.1) is 0 Å². The zero-order chi connectivity index (χ0) is 9.97. The predicted octanol–water partition coefficient (Wildman–Crippen LogP) is 0.0446. The first-order valence-electron chi connectivity index (χ1n) is 4.61. The summed E-state index contributed by atoms with van der Waals surface area (Å²) < 4.78 is 6.80. The van der Waals surface area contributed by atoms with Crippen LogP contribution in [-0.4, -0.2) is 21.3 Å². The zero-order valence-corrected chi connectivity index (χ0v) is 7.72. The summed E-state index contributed by atoms with van der Waals surface area (Å²) in [5.74, 6) is 0. The van der Waals surface area contributed by atoms with Crippen molar-refractivity contribution in [1.82, 2.24) is 9.55 Å². The van der Waals surface area contributed by atoms with Crippen LogP contribution in [0.4, 0.5) is 0 Å². The molecule has 1 aromatic heterocycles. The SMILES string of the molecule is O=c1ncc(CO)cn1C1CCCO1. The molecule has 1 saturated heterocycles. The number of nitrogens with zero attached hydrogens (tertiary/aromatic N) is 2. The molecule has 1 unspecified atom stereocenters. The summed E-state index contributed by atoms with van der Waals surface area (Å²) in [5.41, 5.74) is 0.300. The van der Waals surface area contributed by atoms with Crippen LogP contribution in [0.3, 0.4) is 0 Å². The van der Waals surface area contributed by atoms with Crippen LogP contribution in [0.5, 0.6) is 0 Å². The van der Waals surface area contributed by atoms with Gasteiger partial charge in [-0.25, -0.2) is 9.78 Å². The maximum Gasteiger partial charge on any atom is 0.349 e. The van der Waals surface area contributed by atoms with Gasteiger partial charge in [0.25, 0.3) is 0 Å². The Bertz CT molecular complexity index is 369. The van der Waals surface area contributed by atoms with Crippen molar-refractivity contribution in [2.24, 2.45) is 0 Å². The fraction of sp³-hybridized carbons (Fsp3) is 0.556. The summed E-state index contributed by atoms with van der Waals surface area (Å²) in [5, 5.41) is 8.90. The van der Waals surface area contributed by atoms with Gasteiger partial charge in [0.05, 0.1) is 6.61 Å². The fourth-order valence-corrected chi connectivity index (χ4v) is 1.54. The van der Waals surface area contributed by atoms with E-state index in [0.717, 1.165) is 12.8 Å². The second-order valence-electron chi connectivity index (χ2n) is 3.28. The Balaban J connectivity index is 2.34. The molecule has 1 atom stereocenters. The molecule has 0 radical (unpaired) electrons. The van der Waals surface area contributed by atoms with Gasteiger partial charge < -0.3 is 9.84 Å². The monoisotopic (exact) mass is 196 g/mol. The Morgan fingerprint density at radius 3 is 3.21 bits per heavy atom. The van der Waals surface area contributed by atoms with Gasteiger partial charge in [-0.1, -0.05) is 0 Å². The van der Waals surface area contributed by atoms with E-state index in [9.17, 15) is 4.79 Å². The predicted molar refractivity (Wildman–Crippen MR) is 48.6 cm³/mol. The Morgan fingerprint density at radius 1 is 1.71 bits per heavy atom. The lowest BCUT2D eigenvalue weighted by Crippen LogP contribution is -2.26. The van der Waals surface area contributed by atoms with E-state index in [2.05, 4.69) is 4.98 Å².